The molecule has 8 nitrogen and oxygen atoms in total. The van der Waals surface area contributed by atoms with Crippen LogP contribution in [-0.2, 0) is 0 Å². The van der Waals surface area contributed by atoms with Gasteiger partial charge in [0.05, 0.1) is 17.1 Å². The maximum absolute atomic E-state index is 11.6. The molecule has 0 spiro atoms. The number of carboxylic acid groups (broad SMARTS) is 1. The first kappa shape index (κ1) is 20.6. The van der Waals surface area contributed by atoms with Gasteiger partial charge in [0, 0.05) is 23.2 Å². The lowest BCUT2D eigenvalue weighted by atomic mass is 10.0. The molecule has 0 saturated carbocycles. The molecule has 0 aliphatic rings. The van der Waals surface area contributed by atoms with Gasteiger partial charge >= 0.3 is 5.97 Å². The van der Waals surface area contributed by atoms with Gasteiger partial charge in [-0.3, -0.25) is 4.40 Å². The molecule has 8 heteroatoms. The smallest absolute Gasteiger partial charge is 0.337 e. The van der Waals surface area contributed by atoms with E-state index in [0.717, 1.165) is 34.2 Å². The Morgan fingerprint density at radius 1 is 1.19 bits per heavy atom. The van der Waals surface area contributed by atoms with Gasteiger partial charge in [-0.25, -0.2) is 9.78 Å². The largest absolute Gasteiger partial charge is 0.478 e. The first-order valence-corrected chi connectivity index (χ1v) is 10.3. The zero-order valence-electron chi connectivity index (χ0n) is 18.0. The minimum absolute atomic E-state index is 0.182. The van der Waals surface area contributed by atoms with Crippen LogP contribution in [0.25, 0.3) is 16.6 Å². The van der Waals surface area contributed by atoms with E-state index >= 15 is 0 Å². The Morgan fingerprint density at radius 2 is 1.97 bits per heavy atom. The summed E-state index contributed by atoms with van der Waals surface area (Å²) in [6, 6.07) is 10.9. The van der Waals surface area contributed by atoms with Gasteiger partial charge in [-0.2, -0.15) is 0 Å². The van der Waals surface area contributed by atoms with Gasteiger partial charge in [-0.05, 0) is 43.5 Å². The number of hydrogen-bond donors (Lipinski definition) is 3. The Balaban J connectivity index is 1.84. The third-order valence-electron chi connectivity index (χ3n) is 5.18. The van der Waals surface area contributed by atoms with E-state index in [0.29, 0.717) is 17.6 Å². The number of rotatable bonds is 7. The highest BCUT2D eigenvalue weighted by Gasteiger charge is 2.19. The monoisotopic (exact) mass is 418 g/mol. The van der Waals surface area contributed by atoms with Crippen LogP contribution < -0.4 is 10.6 Å². The number of carbonyl (C=O) groups is 1. The third kappa shape index (κ3) is 4.01. The highest BCUT2D eigenvalue weighted by molar-refractivity contribution is 5.96. The second-order valence-corrected chi connectivity index (χ2v) is 8.20. The SMILES string of the molecule is Cc1cc(C(C)Nc2ccccc2C(=O)O)c2nc(NCC(C)C)n3cnnc3c2c1. The lowest BCUT2D eigenvalue weighted by Gasteiger charge is -2.20. The zero-order valence-corrected chi connectivity index (χ0v) is 18.0. The van der Waals surface area contributed by atoms with E-state index < -0.39 is 5.97 Å². The van der Waals surface area contributed by atoms with Crippen molar-refractivity contribution in [3.63, 3.8) is 0 Å². The molecule has 0 aliphatic heterocycles. The minimum atomic E-state index is -0.965. The molecule has 0 amide bonds. The molecule has 3 N–H and O–H groups in total. The molecule has 2 aromatic carbocycles. The van der Waals surface area contributed by atoms with Gasteiger partial charge in [-0.15, -0.1) is 10.2 Å². The third-order valence-corrected chi connectivity index (χ3v) is 5.18. The van der Waals surface area contributed by atoms with Crippen molar-refractivity contribution in [3.8, 4) is 0 Å². The molecule has 0 aliphatic carbocycles. The Hall–Kier alpha value is -3.68. The predicted octanol–water partition coefficient (Wildman–Crippen LogP) is 4.53. The Kier molecular flexibility index (Phi) is 5.46. The molecule has 0 fully saturated rings. The molecular formula is C23H26N6O2. The van der Waals surface area contributed by atoms with Crippen LogP contribution in [0, 0.1) is 12.8 Å². The average molecular weight is 419 g/mol. The number of fused-ring (bicyclic) bond motifs is 3. The second-order valence-electron chi connectivity index (χ2n) is 8.20. The number of aromatic nitrogens is 4. The van der Waals surface area contributed by atoms with Crippen molar-refractivity contribution in [2.75, 3.05) is 17.2 Å². The summed E-state index contributed by atoms with van der Waals surface area (Å²) in [5.74, 6) is 0.173. The molecule has 2 aromatic heterocycles. The summed E-state index contributed by atoms with van der Waals surface area (Å²) in [6.07, 6.45) is 1.66. The van der Waals surface area contributed by atoms with Crippen LogP contribution in [0.2, 0.25) is 0 Å². The fourth-order valence-electron chi connectivity index (χ4n) is 3.69. The van der Waals surface area contributed by atoms with Crippen molar-refractivity contribution in [2.45, 2.75) is 33.7 Å². The molecule has 1 unspecified atom stereocenters. The van der Waals surface area contributed by atoms with Crippen molar-refractivity contribution in [3.05, 3.63) is 59.4 Å². The number of aromatic carboxylic acids is 1. The topological polar surface area (TPSA) is 104 Å². The highest BCUT2D eigenvalue weighted by atomic mass is 16.4. The summed E-state index contributed by atoms with van der Waals surface area (Å²) in [5, 5.41) is 25.6. The molecular weight excluding hydrogens is 392 g/mol. The minimum Gasteiger partial charge on any atom is -0.478 e. The number of anilines is 2. The number of para-hydroxylation sites is 1. The number of nitrogens with zero attached hydrogens (tertiary/aromatic N) is 4. The Bertz CT molecular complexity index is 1260. The van der Waals surface area contributed by atoms with Gasteiger partial charge in [0.25, 0.3) is 0 Å². The van der Waals surface area contributed by atoms with Crippen LogP contribution in [0.5, 0.6) is 0 Å². The van der Waals surface area contributed by atoms with E-state index in [9.17, 15) is 9.90 Å². The predicted molar refractivity (Wildman–Crippen MR) is 122 cm³/mol. The molecule has 2 heterocycles. The van der Waals surface area contributed by atoms with E-state index in [-0.39, 0.29) is 11.6 Å². The van der Waals surface area contributed by atoms with E-state index in [1.165, 1.54) is 0 Å². The van der Waals surface area contributed by atoms with Crippen LogP contribution in [0.1, 0.15) is 48.3 Å². The quantitative estimate of drug-likeness (QED) is 0.405. The van der Waals surface area contributed by atoms with Crippen LogP contribution >= 0.6 is 0 Å². The van der Waals surface area contributed by atoms with E-state index in [4.69, 9.17) is 4.98 Å². The van der Waals surface area contributed by atoms with Crippen molar-refractivity contribution >= 4 is 34.2 Å². The zero-order chi connectivity index (χ0) is 22.1. The number of hydrogen-bond acceptors (Lipinski definition) is 6. The van der Waals surface area contributed by atoms with Crippen LogP contribution in [0.4, 0.5) is 11.6 Å². The summed E-state index contributed by atoms with van der Waals surface area (Å²) in [5.41, 5.74) is 4.38. The summed E-state index contributed by atoms with van der Waals surface area (Å²) in [6.45, 7) is 9.07. The first-order chi connectivity index (χ1) is 14.8. The molecule has 0 saturated heterocycles. The van der Waals surface area contributed by atoms with Crippen LogP contribution in [0.3, 0.4) is 0 Å². The number of benzene rings is 2. The Morgan fingerprint density at radius 3 is 2.71 bits per heavy atom. The van der Waals surface area contributed by atoms with Gasteiger partial charge in [0.15, 0.2) is 5.65 Å². The lowest BCUT2D eigenvalue weighted by Crippen LogP contribution is -2.14. The molecule has 1 atom stereocenters. The molecule has 0 bridgehead atoms. The number of nitrogens with one attached hydrogen (secondary N) is 2. The molecule has 31 heavy (non-hydrogen) atoms. The van der Waals surface area contributed by atoms with E-state index in [2.05, 4.69) is 46.8 Å². The van der Waals surface area contributed by atoms with Gasteiger partial charge in [-0.1, -0.05) is 32.0 Å². The molecule has 160 valence electrons. The van der Waals surface area contributed by atoms with Gasteiger partial charge in [0.1, 0.15) is 6.33 Å². The van der Waals surface area contributed by atoms with Crippen molar-refractivity contribution in [1.29, 1.82) is 0 Å². The molecule has 0 radical (unpaired) electrons. The summed E-state index contributed by atoms with van der Waals surface area (Å²) in [4.78, 5) is 16.5. The maximum atomic E-state index is 11.6. The summed E-state index contributed by atoms with van der Waals surface area (Å²) < 4.78 is 1.87. The average Bonchev–Trinajstić information content (AvgIpc) is 3.22. The van der Waals surface area contributed by atoms with Crippen LogP contribution in [0.15, 0.2) is 42.7 Å². The van der Waals surface area contributed by atoms with Crippen molar-refractivity contribution in [2.24, 2.45) is 5.92 Å². The fraction of sp³-hybridized carbons (Fsp3) is 0.304. The first-order valence-electron chi connectivity index (χ1n) is 10.3. The molecule has 4 aromatic rings. The molecule has 4 rings (SSSR count). The fourth-order valence-corrected chi connectivity index (χ4v) is 3.69. The standard InChI is InChI=1S/C23H26N6O2/c1-13(2)11-24-23-27-20-17(9-14(3)10-18(20)21-28-25-12-29(21)23)15(4)26-19-8-6-5-7-16(19)22(30)31/h5-10,12-13,15,26H,11H2,1-4H3,(H,24,27)(H,30,31). The summed E-state index contributed by atoms with van der Waals surface area (Å²) in [7, 11) is 0. The lowest BCUT2D eigenvalue weighted by molar-refractivity contribution is 0.0698. The van der Waals surface area contributed by atoms with Crippen molar-refractivity contribution in [1.82, 2.24) is 19.6 Å². The van der Waals surface area contributed by atoms with Gasteiger partial charge < -0.3 is 15.7 Å². The highest BCUT2D eigenvalue weighted by Crippen LogP contribution is 2.31. The van der Waals surface area contributed by atoms with E-state index in [1.807, 2.05) is 24.3 Å². The number of carboxylic acids is 1. The maximum Gasteiger partial charge on any atom is 0.337 e. The summed E-state index contributed by atoms with van der Waals surface area (Å²) >= 11 is 0. The Labute approximate surface area is 180 Å². The van der Waals surface area contributed by atoms with Crippen LogP contribution in [-0.4, -0.2) is 37.2 Å². The van der Waals surface area contributed by atoms with E-state index in [1.54, 1.807) is 24.5 Å². The van der Waals surface area contributed by atoms with Crippen molar-refractivity contribution < 1.29 is 9.90 Å². The second kappa shape index (κ2) is 8.22. The van der Waals surface area contributed by atoms with Gasteiger partial charge in [0.2, 0.25) is 5.95 Å². The normalized spacial score (nSPS) is 12.4. The number of aryl methyl sites for hydroxylation is 1.